The second kappa shape index (κ2) is 7.75. The molecule has 1 aromatic carbocycles. The molecule has 1 atom stereocenters. The van der Waals surface area contributed by atoms with Crippen LogP contribution in [0.1, 0.15) is 12.0 Å². The first-order valence-electron chi connectivity index (χ1n) is 9.15. The summed E-state index contributed by atoms with van der Waals surface area (Å²) in [4.78, 5) is 11.6. The quantitative estimate of drug-likeness (QED) is 0.725. The summed E-state index contributed by atoms with van der Waals surface area (Å²) >= 11 is 0. The van der Waals surface area contributed by atoms with E-state index in [4.69, 9.17) is 9.72 Å². The van der Waals surface area contributed by atoms with Gasteiger partial charge in [0.25, 0.3) is 0 Å². The van der Waals surface area contributed by atoms with Crippen LogP contribution in [0.2, 0.25) is 0 Å². The Labute approximate surface area is 159 Å². The van der Waals surface area contributed by atoms with Crippen molar-refractivity contribution in [2.75, 3.05) is 25.5 Å². The van der Waals surface area contributed by atoms with E-state index >= 15 is 0 Å². The number of benzene rings is 1. The van der Waals surface area contributed by atoms with Gasteiger partial charge in [-0.3, -0.25) is 9.58 Å². The molecule has 1 aliphatic rings. The zero-order chi connectivity index (χ0) is 18.6. The largest absolute Gasteiger partial charge is 0.493 e. The van der Waals surface area contributed by atoms with Crippen molar-refractivity contribution in [2.45, 2.75) is 19.0 Å². The van der Waals surface area contributed by atoms with Crippen LogP contribution in [0.15, 0.2) is 48.8 Å². The number of hydrogen-bond donors (Lipinski definition) is 1. The minimum absolute atomic E-state index is 0.335. The first kappa shape index (κ1) is 17.5. The van der Waals surface area contributed by atoms with Gasteiger partial charge in [0.05, 0.1) is 19.0 Å². The van der Waals surface area contributed by atoms with E-state index in [0.29, 0.717) is 17.7 Å². The molecular formula is C20H24N6O. The fourth-order valence-electron chi connectivity index (χ4n) is 3.50. The van der Waals surface area contributed by atoms with E-state index in [1.807, 2.05) is 13.1 Å². The van der Waals surface area contributed by atoms with Gasteiger partial charge >= 0.3 is 0 Å². The third-order valence-corrected chi connectivity index (χ3v) is 4.89. The fourth-order valence-corrected chi connectivity index (χ4v) is 3.50. The Morgan fingerprint density at radius 1 is 1.22 bits per heavy atom. The SMILES string of the molecule is COc1cnc(N[C@H]2CCN(Cc3ccccc3)C2)nc1-c1ccnn1C. The summed E-state index contributed by atoms with van der Waals surface area (Å²) in [6, 6.07) is 12.8. The molecule has 1 aliphatic heterocycles. The van der Waals surface area contributed by atoms with Crippen LogP contribution in [0.5, 0.6) is 5.75 Å². The summed E-state index contributed by atoms with van der Waals surface area (Å²) in [5.74, 6) is 1.26. The Morgan fingerprint density at radius 3 is 2.81 bits per heavy atom. The number of aromatic nitrogens is 4. The van der Waals surface area contributed by atoms with Crippen LogP contribution in [-0.2, 0) is 13.6 Å². The lowest BCUT2D eigenvalue weighted by atomic mass is 10.2. The van der Waals surface area contributed by atoms with Gasteiger partial charge in [-0.25, -0.2) is 9.97 Å². The predicted molar refractivity (Wildman–Crippen MR) is 105 cm³/mol. The molecule has 0 aliphatic carbocycles. The summed E-state index contributed by atoms with van der Waals surface area (Å²) in [6.45, 7) is 3.02. The average Bonchev–Trinajstić information content (AvgIpc) is 3.31. The van der Waals surface area contributed by atoms with E-state index in [9.17, 15) is 0 Å². The average molecular weight is 364 g/mol. The molecule has 0 amide bonds. The Morgan fingerprint density at radius 2 is 2.07 bits per heavy atom. The van der Waals surface area contributed by atoms with Crippen LogP contribution in [0.3, 0.4) is 0 Å². The van der Waals surface area contributed by atoms with Crippen LogP contribution in [0, 0.1) is 0 Å². The molecule has 2 aromatic heterocycles. The first-order chi connectivity index (χ1) is 13.2. The number of methoxy groups -OCH3 is 1. The van der Waals surface area contributed by atoms with E-state index in [1.54, 1.807) is 24.2 Å². The van der Waals surface area contributed by atoms with Crippen molar-refractivity contribution in [1.82, 2.24) is 24.6 Å². The molecule has 0 radical (unpaired) electrons. The zero-order valence-electron chi connectivity index (χ0n) is 15.7. The maximum absolute atomic E-state index is 5.43. The molecule has 1 N–H and O–H groups in total. The predicted octanol–water partition coefficient (Wildman–Crippen LogP) is 2.57. The van der Waals surface area contributed by atoms with Crippen molar-refractivity contribution in [3.8, 4) is 17.1 Å². The van der Waals surface area contributed by atoms with Gasteiger partial charge in [-0.1, -0.05) is 30.3 Å². The van der Waals surface area contributed by atoms with Gasteiger partial charge in [0, 0.05) is 38.9 Å². The molecule has 0 bridgehead atoms. The molecule has 7 nitrogen and oxygen atoms in total. The van der Waals surface area contributed by atoms with Gasteiger partial charge in [0.2, 0.25) is 5.95 Å². The van der Waals surface area contributed by atoms with Crippen molar-refractivity contribution >= 4 is 5.95 Å². The van der Waals surface area contributed by atoms with Gasteiger partial charge in [-0.2, -0.15) is 5.10 Å². The maximum Gasteiger partial charge on any atom is 0.223 e. The van der Waals surface area contributed by atoms with E-state index < -0.39 is 0 Å². The lowest BCUT2D eigenvalue weighted by Gasteiger charge is -2.17. The number of ether oxygens (including phenoxy) is 1. The summed E-state index contributed by atoms with van der Waals surface area (Å²) in [5.41, 5.74) is 2.99. The van der Waals surface area contributed by atoms with E-state index in [2.05, 4.69) is 50.6 Å². The summed E-state index contributed by atoms with van der Waals surface area (Å²) in [5, 5.41) is 7.71. The second-order valence-electron chi connectivity index (χ2n) is 6.80. The number of hydrogen-bond acceptors (Lipinski definition) is 6. The Kier molecular flexibility index (Phi) is 5.02. The number of anilines is 1. The molecule has 4 rings (SSSR count). The number of nitrogens with one attached hydrogen (secondary N) is 1. The van der Waals surface area contributed by atoms with Crippen LogP contribution in [0.4, 0.5) is 5.95 Å². The lowest BCUT2D eigenvalue weighted by molar-refractivity contribution is 0.328. The lowest BCUT2D eigenvalue weighted by Crippen LogP contribution is -2.26. The molecule has 3 aromatic rings. The molecule has 27 heavy (non-hydrogen) atoms. The maximum atomic E-state index is 5.43. The third-order valence-electron chi connectivity index (χ3n) is 4.89. The standard InChI is InChI=1S/C20H24N6O/c1-25-17(8-10-22-25)19-18(27-2)12-21-20(24-19)23-16-9-11-26(14-16)13-15-6-4-3-5-7-15/h3-8,10,12,16H,9,11,13-14H2,1-2H3,(H,21,23,24)/t16-/m0/s1. The Bertz CT molecular complexity index is 894. The monoisotopic (exact) mass is 364 g/mol. The van der Waals surface area contributed by atoms with Crippen molar-refractivity contribution in [3.63, 3.8) is 0 Å². The highest BCUT2D eigenvalue weighted by Gasteiger charge is 2.23. The summed E-state index contributed by atoms with van der Waals surface area (Å²) in [6.07, 6.45) is 4.54. The number of likely N-dealkylation sites (tertiary alicyclic amines) is 1. The number of rotatable bonds is 6. The van der Waals surface area contributed by atoms with Crippen LogP contribution >= 0.6 is 0 Å². The fraction of sp³-hybridized carbons (Fsp3) is 0.350. The highest BCUT2D eigenvalue weighted by Crippen LogP contribution is 2.28. The van der Waals surface area contributed by atoms with Gasteiger partial charge in [0.15, 0.2) is 5.75 Å². The van der Waals surface area contributed by atoms with Crippen molar-refractivity contribution in [2.24, 2.45) is 7.05 Å². The molecular weight excluding hydrogens is 340 g/mol. The number of nitrogens with zero attached hydrogens (tertiary/aromatic N) is 5. The van der Waals surface area contributed by atoms with Gasteiger partial charge in [-0.15, -0.1) is 0 Å². The first-order valence-corrected chi connectivity index (χ1v) is 9.15. The van der Waals surface area contributed by atoms with Gasteiger partial charge < -0.3 is 10.1 Å². The number of aryl methyl sites for hydroxylation is 1. The highest BCUT2D eigenvalue weighted by atomic mass is 16.5. The molecule has 1 fully saturated rings. The third kappa shape index (κ3) is 3.93. The summed E-state index contributed by atoms with van der Waals surface area (Å²) < 4.78 is 7.21. The zero-order valence-corrected chi connectivity index (χ0v) is 15.7. The van der Waals surface area contributed by atoms with Crippen molar-refractivity contribution in [3.05, 3.63) is 54.4 Å². The van der Waals surface area contributed by atoms with E-state index in [0.717, 1.165) is 37.4 Å². The normalized spacial score (nSPS) is 17.2. The van der Waals surface area contributed by atoms with Crippen LogP contribution < -0.4 is 10.1 Å². The van der Waals surface area contributed by atoms with Crippen LogP contribution in [0.25, 0.3) is 11.4 Å². The molecule has 1 saturated heterocycles. The van der Waals surface area contributed by atoms with Crippen LogP contribution in [-0.4, -0.2) is 50.9 Å². The van der Waals surface area contributed by atoms with Gasteiger partial charge in [0.1, 0.15) is 5.69 Å². The van der Waals surface area contributed by atoms with Crippen molar-refractivity contribution < 1.29 is 4.74 Å². The molecule has 0 spiro atoms. The molecule has 140 valence electrons. The molecule has 0 saturated carbocycles. The molecule has 3 heterocycles. The smallest absolute Gasteiger partial charge is 0.223 e. The van der Waals surface area contributed by atoms with E-state index in [-0.39, 0.29) is 0 Å². The molecule has 7 heteroatoms. The highest BCUT2D eigenvalue weighted by molar-refractivity contribution is 5.63. The second-order valence-corrected chi connectivity index (χ2v) is 6.80. The molecule has 0 unspecified atom stereocenters. The Balaban J connectivity index is 1.45. The van der Waals surface area contributed by atoms with Crippen molar-refractivity contribution in [1.29, 1.82) is 0 Å². The van der Waals surface area contributed by atoms with E-state index in [1.165, 1.54) is 5.56 Å². The summed E-state index contributed by atoms with van der Waals surface area (Å²) in [7, 11) is 3.52. The minimum atomic E-state index is 0.335. The Hall–Kier alpha value is -2.93. The minimum Gasteiger partial charge on any atom is -0.493 e. The topological polar surface area (TPSA) is 68.1 Å². The van der Waals surface area contributed by atoms with Gasteiger partial charge in [-0.05, 0) is 18.1 Å².